The molecule has 26 nitrogen and oxygen atoms in total. The number of pyridine rings is 1. The monoisotopic (exact) mass is 1700 g/mol. The van der Waals surface area contributed by atoms with Crippen LogP contribution in [0.25, 0.3) is 0 Å². The number of piperidine rings is 2. The normalized spacial score (nSPS) is 16.8. The minimum absolute atomic E-state index is 0.119. The van der Waals surface area contributed by atoms with Crippen LogP contribution >= 0.6 is 56.2 Å². The molecule has 0 saturated carbocycles. The number of halogens is 4. The molecule has 9 aromatic rings. The smallest absolute Gasteiger partial charge is 0.229 e. The maximum absolute atomic E-state index is 14.6. The number of aromatic nitrogens is 7. The van der Waals surface area contributed by atoms with Gasteiger partial charge in [-0.25, -0.2) is 24.3 Å². The van der Waals surface area contributed by atoms with Gasteiger partial charge in [0.15, 0.2) is 17.5 Å². The van der Waals surface area contributed by atoms with Crippen LogP contribution in [0.5, 0.6) is 17.2 Å². The summed E-state index contributed by atoms with van der Waals surface area (Å²) in [5.41, 5.74) is 8.07. The van der Waals surface area contributed by atoms with Crippen LogP contribution < -0.4 is 71.5 Å². The number of piperazine rings is 2. The van der Waals surface area contributed by atoms with Crippen LogP contribution in [-0.2, 0) is 20.1 Å². The lowest BCUT2D eigenvalue weighted by molar-refractivity contribution is 0.0982. The zero-order valence-corrected chi connectivity index (χ0v) is 73.4. The zero-order valence-electron chi connectivity index (χ0n) is 68.4. The Hall–Kier alpha value is -8.42. The second-order valence-electron chi connectivity index (χ2n) is 31.2. The minimum atomic E-state index is -2.92. The van der Waals surface area contributed by atoms with Crippen molar-refractivity contribution >= 4 is 147 Å². The number of hydrogen-bond acceptors (Lipinski definition) is 26. The van der Waals surface area contributed by atoms with E-state index in [2.05, 4.69) is 158 Å². The summed E-state index contributed by atoms with van der Waals surface area (Å²) in [6.07, 6.45) is 12.6. The number of methoxy groups -OCH3 is 3. The molecule has 620 valence electrons. The van der Waals surface area contributed by atoms with E-state index in [-0.39, 0.29) is 22.1 Å². The fraction of sp³-hybridized carbons (Fsp3) is 0.434. The molecule has 0 bridgehead atoms. The van der Waals surface area contributed by atoms with E-state index in [1.807, 2.05) is 48.5 Å². The molecule has 0 unspecified atom stereocenters. The summed E-state index contributed by atoms with van der Waals surface area (Å²) in [6, 6.07) is 35.5. The van der Waals surface area contributed by atoms with E-state index in [1.165, 1.54) is 64.5 Å². The number of hydrogen-bond donors (Lipinski definition) is 5. The first-order chi connectivity index (χ1) is 55.6. The van der Waals surface area contributed by atoms with Gasteiger partial charge in [0.05, 0.1) is 73.7 Å². The van der Waals surface area contributed by atoms with Gasteiger partial charge >= 0.3 is 0 Å². The average molecular weight is 1700 g/mol. The topological polar surface area (TPSA) is 255 Å². The SMILES string of the molecule is COc1cc(N2CCC(N3CCCN(C)CC3)CC2)ccc1Nc1ncc(Cl)c(Nc2ccccc2P(C)(C)=O)n1.COc1cc(N2CCC(N3CCN(C)CC3)CC2)ccc1Nc1ncc(Cl)c(Nc2cccc(F)c2P(C)(C)=O)n1.COc1cc(N2CCN(C)CC2)ccc1Cc1ncc(Cl)c(Nc2cccnc2P(C)(C)=O)n1. The lowest BCUT2D eigenvalue weighted by Crippen LogP contribution is -2.52. The van der Waals surface area contributed by atoms with Crippen LogP contribution in [-0.4, -0.2) is 259 Å². The lowest BCUT2D eigenvalue weighted by atomic mass is 10.0. The first-order valence-electron chi connectivity index (χ1n) is 39.3. The number of rotatable bonds is 23. The predicted octanol–water partition coefficient (Wildman–Crippen LogP) is 14.6. The van der Waals surface area contributed by atoms with Crippen molar-refractivity contribution in [2.24, 2.45) is 0 Å². The third-order valence-corrected chi connectivity index (χ3v) is 27.0. The van der Waals surface area contributed by atoms with Gasteiger partial charge in [-0.1, -0.05) is 59.1 Å². The van der Waals surface area contributed by atoms with Crippen molar-refractivity contribution < 1.29 is 32.3 Å². The van der Waals surface area contributed by atoms with Gasteiger partial charge in [0, 0.05) is 162 Å². The Labute approximate surface area is 697 Å². The third kappa shape index (κ3) is 22.9. The molecular weight excluding hydrogens is 1590 g/mol. The van der Waals surface area contributed by atoms with Crippen LogP contribution in [0.2, 0.25) is 15.1 Å². The highest BCUT2D eigenvalue weighted by Gasteiger charge is 2.31. The molecule has 0 spiro atoms. The highest BCUT2D eigenvalue weighted by atomic mass is 35.5. The van der Waals surface area contributed by atoms with Crippen molar-refractivity contribution in [2.45, 2.75) is 50.6 Å². The molecule has 4 aromatic heterocycles. The van der Waals surface area contributed by atoms with Crippen LogP contribution in [0.4, 0.5) is 79.2 Å². The molecule has 0 radical (unpaired) electrons. The summed E-state index contributed by atoms with van der Waals surface area (Å²) < 4.78 is 70.0. The summed E-state index contributed by atoms with van der Waals surface area (Å²) in [6.45, 7) is 27.4. The summed E-state index contributed by atoms with van der Waals surface area (Å²) in [4.78, 5) is 50.9. The van der Waals surface area contributed by atoms with E-state index < -0.39 is 27.2 Å². The number of para-hydroxylation sites is 1. The quantitative estimate of drug-likeness (QED) is 0.0373. The van der Waals surface area contributed by atoms with E-state index in [4.69, 9.17) is 49.0 Å². The molecule has 5 saturated heterocycles. The Balaban J connectivity index is 0.000000161. The molecule has 33 heteroatoms. The van der Waals surface area contributed by atoms with Gasteiger partial charge in [0.1, 0.15) is 70.8 Å². The number of benzene rings is 5. The van der Waals surface area contributed by atoms with Gasteiger partial charge in [-0.3, -0.25) is 14.8 Å². The van der Waals surface area contributed by atoms with Crippen molar-refractivity contribution in [1.29, 1.82) is 0 Å². The molecule has 5 aromatic carbocycles. The maximum atomic E-state index is 14.6. The van der Waals surface area contributed by atoms with Gasteiger partial charge in [0.2, 0.25) is 11.9 Å². The van der Waals surface area contributed by atoms with E-state index >= 15 is 0 Å². The summed E-state index contributed by atoms with van der Waals surface area (Å²) in [7, 11) is 3.55. The Morgan fingerprint density at radius 3 is 1.41 bits per heavy atom. The highest BCUT2D eigenvalue weighted by Crippen LogP contribution is 2.44. The first kappa shape index (κ1) is 86.9. The molecule has 116 heavy (non-hydrogen) atoms. The summed E-state index contributed by atoms with van der Waals surface area (Å²) >= 11 is 19.2. The largest absolute Gasteiger partial charge is 0.496 e. The highest BCUT2D eigenvalue weighted by molar-refractivity contribution is 7.71. The Kier molecular flexibility index (Phi) is 29.5. The Bertz CT molecular complexity index is 5000. The second-order valence-corrected chi connectivity index (χ2v) is 41.8. The Morgan fingerprint density at radius 2 is 0.879 bits per heavy atom. The van der Waals surface area contributed by atoms with Crippen LogP contribution in [0.1, 0.15) is 43.5 Å². The lowest BCUT2D eigenvalue weighted by Gasteiger charge is -2.42. The molecule has 5 N–H and O–H groups in total. The van der Waals surface area contributed by atoms with E-state index in [0.717, 1.165) is 143 Å². The van der Waals surface area contributed by atoms with Crippen molar-refractivity contribution in [3.05, 3.63) is 166 Å². The van der Waals surface area contributed by atoms with Crippen molar-refractivity contribution in [2.75, 3.05) is 228 Å². The number of nitrogens with one attached hydrogen (secondary N) is 5. The van der Waals surface area contributed by atoms with Gasteiger partial charge in [-0.05, 0) is 173 Å². The first-order valence-corrected chi connectivity index (χ1v) is 48.2. The summed E-state index contributed by atoms with van der Waals surface area (Å²) in [5.74, 6) is 4.05. The van der Waals surface area contributed by atoms with Gasteiger partial charge in [-0.15, -0.1) is 0 Å². The molecule has 0 atom stereocenters. The van der Waals surface area contributed by atoms with Gasteiger partial charge < -0.3 is 83.9 Å². The molecule has 5 aliphatic rings. The fourth-order valence-electron chi connectivity index (χ4n) is 15.2. The van der Waals surface area contributed by atoms with Crippen molar-refractivity contribution in [3.63, 3.8) is 0 Å². The number of anilines is 13. The molecule has 5 fully saturated rings. The van der Waals surface area contributed by atoms with Gasteiger partial charge in [-0.2, -0.15) is 9.97 Å². The third-order valence-electron chi connectivity index (χ3n) is 21.7. The van der Waals surface area contributed by atoms with E-state index in [0.29, 0.717) is 85.9 Å². The molecular formula is C83H109Cl3FN20O6P3. The second kappa shape index (κ2) is 39.4. The van der Waals surface area contributed by atoms with E-state index in [9.17, 15) is 18.1 Å². The number of ether oxygens (including phenoxy) is 3. The maximum Gasteiger partial charge on any atom is 0.229 e. The van der Waals surface area contributed by atoms with Gasteiger partial charge in [0.25, 0.3) is 0 Å². The molecule has 5 aliphatic heterocycles. The minimum Gasteiger partial charge on any atom is -0.496 e. The average Bonchev–Trinajstić information content (AvgIpc) is 0.817. The van der Waals surface area contributed by atoms with Crippen molar-refractivity contribution in [3.8, 4) is 17.2 Å². The number of likely N-dealkylation sites (N-methyl/N-ethyl adjacent to an activating group) is 3. The predicted molar refractivity (Wildman–Crippen MR) is 477 cm³/mol. The van der Waals surface area contributed by atoms with Crippen molar-refractivity contribution in [1.82, 2.24) is 59.4 Å². The Morgan fingerprint density at radius 1 is 0.431 bits per heavy atom. The standard InChI is InChI=1S/C30H41ClN7O2P.C29H38ClFN7O2P.C24H30ClN6O2P/c1-36-14-7-15-37(19-18-36)22-12-16-38(17-13-22)23-10-11-25(27(20-23)40-2)34-30-32-21-24(31)29(35-30)33-26-8-5-6-9-28(26)41(3,4)39;1-36-14-16-38(17-15-36)20-10-12-37(13-11-20)21-8-9-24(26(18-21)40-2)34-29-32-19-22(30)28(35-29)33-25-7-5-6-23(31)27(25)41(3,4)39;1-30-10-12-31(13-11-30)18-8-7-17(21(15-18)33-2)14-22-27-16-19(25)23(29-22)28-20-6-5-9-26-24(20)34(3,4)32/h5-6,8-11,20-22H,7,12-19H2,1-4H3,(H2,32,33,34,35);5-9,18-20H,10-17H2,1-4H3,(H2,32,33,34,35);5-9,15-16H,10-14H2,1-4H3,(H,27,28,29). The molecule has 0 amide bonds. The number of nitrogens with zero attached hydrogens (tertiary/aromatic N) is 15. The molecule has 9 heterocycles. The van der Waals surface area contributed by atoms with Crippen LogP contribution in [0.15, 0.2) is 134 Å². The summed E-state index contributed by atoms with van der Waals surface area (Å²) in [5, 5.41) is 17.8. The fourth-order valence-corrected chi connectivity index (χ4v) is 19.2. The van der Waals surface area contributed by atoms with Crippen LogP contribution in [0, 0.1) is 5.82 Å². The zero-order chi connectivity index (χ0) is 82.4. The van der Waals surface area contributed by atoms with E-state index in [1.54, 1.807) is 84.8 Å². The molecule has 14 rings (SSSR count). The van der Waals surface area contributed by atoms with Crippen LogP contribution in [0.3, 0.4) is 0 Å². The molecule has 0 aliphatic carbocycles.